The van der Waals surface area contributed by atoms with Crippen LogP contribution in [-0.2, 0) is 20.2 Å². The summed E-state index contributed by atoms with van der Waals surface area (Å²) in [6.45, 7) is 6.15. The summed E-state index contributed by atoms with van der Waals surface area (Å²) in [4.78, 5) is 0. The molecule has 0 spiro atoms. The first kappa shape index (κ1) is 27.2. The molecule has 0 aliphatic heterocycles. The van der Waals surface area contributed by atoms with Crippen molar-refractivity contribution in [3.05, 3.63) is 6.92 Å². The second kappa shape index (κ2) is 21.3. The van der Waals surface area contributed by atoms with Crippen molar-refractivity contribution in [3.8, 4) is 0 Å². The van der Waals surface area contributed by atoms with E-state index in [1.165, 1.54) is 77.0 Å². The van der Waals surface area contributed by atoms with Crippen molar-refractivity contribution in [2.45, 2.75) is 90.4 Å². The minimum absolute atomic E-state index is 0. The van der Waals surface area contributed by atoms with Gasteiger partial charge in [-0.15, -0.1) is 0 Å². The van der Waals surface area contributed by atoms with Crippen molar-refractivity contribution in [1.29, 1.82) is 0 Å². The van der Waals surface area contributed by atoms with E-state index >= 15 is 0 Å². The van der Waals surface area contributed by atoms with Crippen LogP contribution in [-0.4, -0.2) is 13.3 Å². The molecule has 2 N–H and O–H groups in total. The van der Waals surface area contributed by atoms with Gasteiger partial charge in [0.15, 0.2) is 0 Å². The Balaban J connectivity index is -0.000000465. The second-order valence-electron chi connectivity index (χ2n) is 5.19. The molecule has 0 atom stereocenters. The first-order chi connectivity index (χ1) is 9.41. The molecular weight excluding hydrogens is 315 g/mol. The van der Waals surface area contributed by atoms with Crippen molar-refractivity contribution in [1.82, 2.24) is 0 Å². The van der Waals surface area contributed by atoms with E-state index in [9.17, 15) is 0 Å². The average molecular weight is 349 g/mol. The quantitative estimate of drug-likeness (QED) is 0.323. The van der Waals surface area contributed by atoms with Crippen molar-refractivity contribution in [2.75, 3.05) is 0 Å². The first-order valence-electron chi connectivity index (χ1n) is 7.91. The number of hydrogen-bond acceptors (Lipinski definition) is 2. The molecular formula is C15H33NaO3S2. The summed E-state index contributed by atoms with van der Waals surface area (Å²) in [6.07, 6.45) is 18.3. The van der Waals surface area contributed by atoms with Crippen molar-refractivity contribution < 1.29 is 42.9 Å². The zero-order valence-electron chi connectivity index (χ0n) is 14.0. The summed E-state index contributed by atoms with van der Waals surface area (Å²) < 4.78 is 24.0. The van der Waals surface area contributed by atoms with Gasteiger partial charge in [-0.3, -0.25) is 9.11 Å². The van der Waals surface area contributed by atoms with Gasteiger partial charge in [0.1, 0.15) is 0 Å². The Kier molecular flexibility index (Phi) is 27.5. The van der Waals surface area contributed by atoms with E-state index in [0.717, 1.165) is 6.42 Å². The predicted molar refractivity (Wildman–Crippen MR) is 91.8 cm³/mol. The minimum atomic E-state index is -3.83. The molecule has 0 heterocycles. The van der Waals surface area contributed by atoms with Crippen LogP contribution < -0.4 is 29.6 Å². The molecule has 0 saturated heterocycles. The molecule has 0 amide bonds. The van der Waals surface area contributed by atoms with Gasteiger partial charge in [-0.2, -0.15) is 10.6 Å². The summed E-state index contributed by atoms with van der Waals surface area (Å²) in [7, 11) is -3.83. The maximum absolute atomic E-state index is 9.11. The average Bonchev–Trinajstić information content (AvgIpc) is 2.34. The molecule has 124 valence electrons. The smallest absolute Gasteiger partial charge is 0.343 e. The van der Waals surface area contributed by atoms with E-state index in [4.69, 9.17) is 13.3 Å². The Morgan fingerprint density at radius 3 is 1.29 bits per heavy atom. The SMILES string of the molecule is O=S(O)(O)=S.[CH2-]CCCCCCCCCCCCCC.[Na+]. The molecule has 3 nitrogen and oxygen atoms in total. The van der Waals surface area contributed by atoms with E-state index in [1.807, 2.05) is 0 Å². The molecule has 6 heteroatoms. The number of unbranched alkanes of at least 4 members (excludes halogenated alkanes) is 12. The summed E-state index contributed by atoms with van der Waals surface area (Å²) in [5.41, 5.74) is 0. The third kappa shape index (κ3) is 44.9. The molecule has 0 saturated carbocycles. The van der Waals surface area contributed by atoms with Gasteiger partial charge >= 0.3 is 29.6 Å². The van der Waals surface area contributed by atoms with Gasteiger partial charge in [-0.05, 0) is 0 Å². The zero-order chi connectivity index (χ0) is 15.7. The van der Waals surface area contributed by atoms with Gasteiger partial charge < -0.3 is 6.92 Å². The monoisotopic (exact) mass is 348 g/mol. The molecule has 0 aromatic carbocycles. The molecule has 21 heavy (non-hydrogen) atoms. The van der Waals surface area contributed by atoms with Gasteiger partial charge in [0.25, 0.3) is 9.05 Å². The fourth-order valence-electron chi connectivity index (χ4n) is 2.02. The maximum atomic E-state index is 9.11. The summed E-state index contributed by atoms with van der Waals surface area (Å²) >= 11 is 3.47. The van der Waals surface area contributed by atoms with E-state index in [1.54, 1.807) is 0 Å². The van der Waals surface area contributed by atoms with Crippen LogP contribution in [0.3, 0.4) is 0 Å². The van der Waals surface area contributed by atoms with Crippen LogP contribution in [0.15, 0.2) is 0 Å². The van der Waals surface area contributed by atoms with Gasteiger partial charge in [0.2, 0.25) is 0 Å². The summed E-state index contributed by atoms with van der Waals surface area (Å²) in [5.74, 6) is 0. The third-order valence-electron chi connectivity index (χ3n) is 3.10. The van der Waals surface area contributed by atoms with Crippen molar-refractivity contribution in [2.24, 2.45) is 0 Å². The number of hydrogen-bond donors (Lipinski definition) is 2. The molecule has 0 rings (SSSR count). The zero-order valence-corrected chi connectivity index (χ0v) is 17.7. The Morgan fingerprint density at radius 2 is 1.05 bits per heavy atom. The van der Waals surface area contributed by atoms with E-state index in [-0.39, 0.29) is 29.6 Å². The minimum Gasteiger partial charge on any atom is -0.343 e. The van der Waals surface area contributed by atoms with Crippen molar-refractivity contribution >= 4 is 20.2 Å². The van der Waals surface area contributed by atoms with E-state index in [0.29, 0.717) is 0 Å². The normalized spacial score (nSPS) is 10.5. The van der Waals surface area contributed by atoms with Crippen LogP contribution in [0.1, 0.15) is 90.4 Å². The molecule has 0 aliphatic carbocycles. The van der Waals surface area contributed by atoms with E-state index in [2.05, 4.69) is 25.0 Å². The van der Waals surface area contributed by atoms with Crippen LogP contribution in [0.5, 0.6) is 0 Å². The standard InChI is InChI=1S/C15H31.Na.H2O3S2/c1-3-5-7-9-11-13-15-14-12-10-8-6-4-2;;1-5(2,3)4/h1,3-15H2,2H3;;(H2,1,2,3,4)/q-1;+1;. The van der Waals surface area contributed by atoms with Crippen LogP contribution in [0.4, 0.5) is 0 Å². The molecule has 0 radical (unpaired) electrons. The molecule has 0 aromatic heterocycles. The van der Waals surface area contributed by atoms with Crippen LogP contribution in [0.25, 0.3) is 0 Å². The molecule has 0 fully saturated rings. The van der Waals surface area contributed by atoms with E-state index < -0.39 is 9.05 Å². The van der Waals surface area contributed by atoms with Crippen LogP contribution in [0, 0.1) is 6.92 Å². The summed E-state index contributed by atoms with van der Waals surface area (Å²) in [6, 6.07) is 0. The van der Waals surface area contributed by atoms with Gasteiger partial charge in [0.05, 0.1) is 0 Å². The molecule has 0 bridgehead atoms. The van der Waals surface area contributed by atoms with Crippen molar-refractivity contribution in [3.63, 3.8) is 0 Å². The molecule has 0 aromatic rings. The first-order valence-corrected chi connectivity index (χ1v) is 10.3. The fraction of sp³-hybridized carbons (Fsp3) is 0.933. The molecule has 0 aliphatic rings. The van der Waals surface area contributed by atoms with Crippen LogP contribution >= 0.6 is 0 Å². The Hall–Kier alpha value is 1.29. The topological polar surface area (TPSA) is 57.5 Å². The summed E-state index contributed by atoms with van der Waals surface area (Å²) in [5, 5.41) is 0. The van der Waals surface area contributed by atoms with Crippen LogP contribution in [0.2, 0.25) is 0 Å². The van der Waals surface area contributed by atoms with Gasteiger partial charge in [-0.25, -0.2) is 0 Å². The predicted octanol–water partition coefficient (Wildman–Crippen LogP) is 2.59. The maximum Gasteiger partial charge on any atom is 1.00 e. The Labute approximate surface area is 159 Å². The second-order valence-corrected chi connectivity index (χ2v) is 7.39. The largest absolute Gasteiger partial charge is 1.00 e. The molecule has 0 unspecified atom stereocenters. The third-order valence-corrected chi connectivity index (χ3v) is 3.10. The fourth-order valence-corrected chi connectivity index (χ4v) is 2.02. The Morgan fingerprint density at radius 1 is 0.810 bits per heavy atom. The van der Waals surface area contributed by atoms with Gasteiger partial charge in [0, 0.05) is 11.2 Å². The van der Waals surface area contributed by atoms with Gasteiger partial charge in [-0.1, -0.05) is 84.0 Å². The Bertz CT molecular complexity index is 250. The number of rotatable bonds is 12.